The van der Waals surface area contributed by atoms with E-state index in [0.29, 0.717) is 6.61 Å². The Morgan fingerprint density at radius 1 is 0.800 bits per heavy atom. The van der Waals surface area contributed by atoms with E-state index >= 15 is 0 Å². The summed E-state index contributed by atoms with van der Waals surface area (Å²) in [5.74, 6) is 0.909. The van der Waals surface area contributed by atoms with Crippen LogP contribution in [0.25, 0.3) is 11.0 Å². The van der Waals surface area contributed by atoms with Crippen molar-refractivity contribution in [3.63, 3.8) is 0 Å². The van der Waals surface area contributed by atoms with E-state index in [1.54, 1.807) is 0 Å². The minimum absolute atomic E-state index is 0.636. The maximum Gasteiger partial charge on any atom is 0.119 e. The zero-order valence-electron chi connectivity index (χ0n) is 14.0. The molecule has 0 spiro atoms. The number of rotatable bonds is 6. The van der Waals surface area contributed by atoms with Crippen LogP contribution >= 0.6 is 0 Å². The Kier molecular flexibility index (Phi) is 4.46. The average Bonchev–Trinajstić information content (AvgIpc) is 3.07. The van der Waals surface area contributed by atoms with E-state index in [4.69, 9.17) is 4.74 Å². The Morgan fingerprint density at radius 3 is 2.44 bits per heavy atom. The second-order valence-electron chi connectivity index (χ2n) is 6.07. The first kappa shape index (κ1) is 15.5. The molecule has 0 N–H and O–H groups in total. The van der Waals surface area contributed by atoms with E-state index in [1.807, 2.05) is 36.5 Å². The predicted octanol–water partition coefficient (Wildman–Crippen LogP) is 4.71. The summed E-state index contributed by atoms with van der Waals surface area (Å²) in [6, 6.07) is 25.0. The second-order valence-corrected chi connectivity index (χ2v) is 6.07. The maximum atomic E-state index is 5.89. The molecule has 25 heavy (non-hydrogen) atoms. The SMILES string of the molecule is c1ccc(Cc2ccc(OCCn3ccc4ncccc43)cc2)cc1. The van der Waals surface area contributed by atoms with Crippen LogP contribution in [0, 0.1) is 0 Å². The van der Waals surface area contributed by atoms with Gasteiger partial charge in [-0.25, -0.2) is 0 Å². The van der Waals surface area contributed by atoms with Gasteiger partial charge in [-0.3, -0.25) is 4.98 Å². The Bertz CT molecular complexity index is 943. The topological polar surface area (TPSA) is 27.1 Å². The normalized spacial score (nSPS) is 10.9. The fraction of sp³-hybridized carbons (Fsp3) is 0.136. The van der Waals surface area contributed by atoms with Crippen molar-refractivity contribution >= 4 is 11.0 Å². The molecular formula is C22H20N2O. The van der Waals surface area contributed by atoms with Gasteiger partial charge >= 0.3 is 0 Å². The van der Waals surface area contributed by atoms with Crippen molar-refractivity contribution in [2.45, 2.75) is 13.0 Å². The van der Waals surface area contributed by atoms with Crippen molar-refractivity contribution < 1.29 is 4.74 Å². The van der Waals surface area contributed by atoms with Crippen LogP contribution in [-0.2, 0) is 13.0 Å². The third-order valence-electron chi connectivity index (χ3n) is 4.31. The Hall–Kier alpha value is -3.07. The van der Waals surface area contributed by atoms with Gasteiger partial charge in [-0.15, -0.1) is 0 Å². The summed E-state index contributed by atoms with van der Waals surface area (Å²) in [6.45, 7) is 1.44. The van der Waals surface area contributed by atoms with E-state index in [1.165, 1.54) is 11.1 Å². The minimum Gasteiger partial charge on any atom is -0.492 e. The summed E-state index contributed by atoms with van der Waals surface area (Å²) >= 11 is 0. The first-order valence-electron chi connectivity index (χ1n) is 8.54. The van der Waals surface area contributed by atoms with Crippen molar-refractivity contribution in [3.8, 4) is 5.75 Å². The molecule has 0 atom stereocenters. The summed E-state index contributed by atoms with van der Waals surface area (Å²) in [7, 11) is 0. The van der Waals surface area contributed by atoms with Gasteiger partial charge in [0.2, 0.25) is 0 Å². The number of fused-ring (bicyclic) bond motifs is 1. The summed E-state index contributed by atoms with van der Waals surface area (Å²) < 4.78 is 8.06. The van der Waals surface area contributed by atoms with Crippen molar-refractivity contribution in [2.75, 3.05) is 6.61 Å². The number of ether oxygens (including phenoxy) is 1. The first-order chi connectivity index (χ1) is 12.4. The molecule has 2 aromatic carbocycles. The second kappa shape index (κ2) is 7.22. The van der Waals surface area contributed by atoms with Gasteiger partial charge in [0, 0.05) is 12.4 Å². The van der Waals surface area contributed by atoms with Crippen molar-refractivity contribution in [2.24, 2.45) is 0 Å². The zero-order valence-corrected chi connectivity index (χ0v) is 14.0. The maximum absolute atomic E-state index is 5.89. The highest BCUT2D eigenvalue weighted by molar-refractivity contribution is 5.75. The first-order valence-corrected chi connectivity index (χ1v) is 8.54. The highest BCUT2D eigenvalue weighted by Gasteiger charge is 2.02. The molecule has 3 nitrogen and oxygen atoms in total. The molecule has 4 aromatic rings. The van der Waals surface area contributed by atoms with E-state index in [-0.39, 0.29) is 0 Å². The molecule has 0 unspecified atom stereocenters. The molecule has 4 rings (SSSR count). The van der Waals surface area contributed by atoms with Gasteiger partial charge in [-0.05, 0) is 47.9 Å². The van der Waals surface area contributed by atoms with Crippen molar-refractivity contribution in [1.29, 1.82) is 0 Å². The van der Waals surface area contributed by atoms with Gasteiger partial charge in [0.25, 0.3) is 0 Å². The fourth-order valence-electron chi connectivity index (χ4n) is 3.01. The third kappa shape index (κ3) is 3.72. The number of hydrogen-bond acceptors (Lipinski definition) is 2. The number of benzene rings is 2. The lowest BCUT2D eigenvalue weighted by atomic mass is 10.1. The van der Waals surface area contributed by atoms with Crippen molar-refractivity contribution in [3.05, 3.63) is 96.3 Å². The lowest BCUT2D eigenvalue weighted by Crippen LogP contribution is -2.07. The molecule has 0 fully saturated rings. The van der Waals surface area contributed by atoms with Crippen LogP contribution in [0.5, 0.6) is 5.75 Å². The molecule has 0 saturated heterocycles. The van der Waals surface area contributed by atoms with Gasteiger partial charge in [0.15, 0.2) is 0 Å². The van der Waals surface area contributed by atoms with E-state index < -0.39 is 0 Å². The minimum atomic E-state index is 0.636. The molecule has 0 radical (unpaired) electrons. The van der Waals surface area contributed by atoms with Crippen LogP contribution < -0.4 is 4.74 Å². The van der Waals surface area contributed by atoms with Gasteiger partial charge in [0.05, 0.1) is 17.6 Å². The van der Waals surface area contributed by atoms with Gasteiger partial charge in [0.1, 0.15) is 12.4 Å². The lowest BCUT2D eigenvalue weighted by Gasteiger charge is -2.09. The van der Waals surface area contributed by atoms with Gasteiger partial charge in [-0.1, -0.05) is 42.5 Å². The van der Waals surface area contributed by atoms with Crippen LogP contribution in [0.3, 0.4) is 0 Å². The monoisotopic (exact) mass is 328 g/mol. The molecule has 0 aliphatic rings. The summed E-state index contributed by atoms with van der Waals surface area (Å²) in [5.41, 5.74) is 4.78. The third-order valence-corrected chi connectivity index (χ3v) is 4.31. The average molecular weight is 328 g/mol. The molecule has 0 saturated carbocycles. The Labute approximate surface area is 147 Å². The van der Waals surface area contributed by atoms with Crippen LogP contribution in [0.2, 0.25) is 0 Å². The van der Waals surface area contributed by atoms with Crippen LogP contribution in [-0.4, -0.2) is 16.2 Å². The van der Waals surface area contributed by atoms with E-state index in [2.05, 4.69) is 58.2 Å². The fourth-order valence-corrected chi connectivity index (χ4v) is 3.01. The highest BCUT2D eigenvalue weighted by atomic mass is 16.5. The standard InChI is InChI=1S/C22H20N2O/c1-2-5-18(6-3-1)17-19-8-10-20(11-9-19)25-16-15-24-14-12-21-22(24)7-4-13-23-21/h1-14H,15-17H2. The van der Waals surface area contributed by atoms with Crippen LogP contribution in [0.4, 0.5) is 0 Å². The Morgan fingerprint density at radius 2 is 1.60 bits per heavy atom. The van der Waals surface area contributed by atoms with Crippen LogP contribution in [0.15, 0.2) is 85.2 Å². The molecular weight excluding hydrogens is 308 g/mol. The highest BCUT2D eigenvalue weighted by Crippen LogP contribution is 2.16. The number of hydrogen-bond donors (Lipinski definition) is 0. The summed E-state index contributed by atoms with van der Waals surface area (Å²) in [6.07, 6.45) is 4.83. The summed E-state index contributed by atoms with van der Waals surface area (Å²) in [5, 5.41) is 0. The molecule has 2 aromatic heterocycles. The summed E-state index contributed by atoms with van der Waals surface area (Å²) in [4.78, 5) is 4.35. The molecule has 0 aliphatic heterocycles. The van der Waals surface area contributed by atoms with Gasteiger partial charge in [-0.2, -0.15) is 0 Å². The molecule has 124 valence electrons. The van der Waals surface area contributed by atoms with E-state index in [0.717, 1.165) is 29.7 Å². The molecule has 0 bridgehead atoms. The molecule has 0 aliphatic carbocycles. The van der Waals surface area contributed by atoms with Crippen molar-refractivity contribution in [1.82, 2.24) is 9.55 Å². The number of nitrogens with zero attached hydrogens (tertiary/aromatic N) is 2. The number of aromatic nitrogens is 2. The molecule has 3 heteroatoms. The smallest absolute Gasteiger partial charge is 0.119 e. The Balaban J connectivity index is 1.34. The zero-order chi connectivity index (χ0) is 16.9. The predicted molar refractivity (Wildman–Crippen MR) is 101 cm³/mol. The number of pyridine rings is 1. The quantitative estimate of drug-likeness (QED) is 0.513. The van der Waals surface area contributed by atoms with Gasteiger partial charge < -0.3 is 9.30 Å². The van der Waals surface area contributed by atoms with E-state index in [9.17, 15) is 0 Å². The van der Waals surface area contributed by atoms with Crippen LogP contribution in [0.1, 0.15) is 11.1 Å². The molecule has 2 heterocycles. The molecule has 0 amide bonds. The lowest BCUT2D eigenvalue weighted by molar-refractivity contribution is 0.300. The largest absolute Gasteiger partial charge is 0.492 e.